The minimum Gasteiger partial charge on any atom is -0.466 e. The monoisotopic (exact) mass is 345 g/mol. The number of benzene rings is 2. The zero-order valence-electron chi connectivity index (χ0n) is 15.0. The van der Waals surface area contributed by atoms with Gasteiger partial charge in [0.2, 0.25) is 0 Å². The highest BCUT2D eigenvalue weighted by Crippen LogP contribution is 2.27. The molecular formula is C23H23NO2. The minimum atomic E-state index is -0.361. The van der Waals surface area contributed by atoms with Crippen LogP contribution < -0.4 is 5.32 Å². The third kappa shape index (κ3) is 5.91. The number of nitrogens with one attached hydrogen (secondary N) is 1. The van der Waals surface area contributed by atoms with E-state index in [1.54, 1.807) is 6.08 Å². The molecule has 3 nitrogen and oxygen atoms in total. The Morgan fingerprint density at radius 3 is 2.65 bits per heavy atom. The van der Waals surface area contributed by atoms with E-state index in [9.17, 15) is 4.79 Å². The smallest absolute Gasteiger partial charge is 0.330 e. The molecule has 2 aromatic rings. The predicted octanol–water partition coefficient (Wildman–Crippen LogP) is 3.77. The summed E-state index contributed by atoms with van der Waals surface area (Å²) in [5.74, 6) is 6.94. The first-order valence-electron chi connectivity index (χ1n) is 8.91. The number of rotatable bonds is 6. The van der Waals surface area contributed by atoms with Crippen LogP contribution in [-0.4, -0.2) is 19.6 Å². The molecule has 1 aliphatic rings. The van der Waals surface area contributed by atoms with Crippen LogP contribution in [0.3, 0.4) is 0 Å². The number of hydrogen-bond acceptors (Lipinski definition) is 3. The van der Waals surface area contributed by atoms with Gasteiger partial charge in [-0.3, -0.25) is 0 Å². The van der Waals surface area contributed by atoms with Gasteiger partial charge in [0.15, 0.2) is 0 Å². The maximum atomic E-state index is 11.1. The first kappa shape index (κ1) is 18.0. The van der Waals surface area contributed by atoms with Gasteiger partial charge in [0.1, 0.15) is 0 Å². The molecule has 0 aliphatic heterocycles. The fourth-order valence-corrected chi connectivity index (χ4v) is 2.56. The average molecular weight is 345 g/mol. The van der Waals surface area contributed by atoms with Gasteiger partial charge in [-0.2, -0.15) is 0 Å². The fraction of sp³-hybridized carbons (Fsp3) is 0.261. The normalized spacial score (nSPS) is 13.3. The summed E-state index contributed by atoms with van der Waals surface area (Å²) < 4.78 is 4.58. The third-order valence-electron chi connectivity index (χ3n) is 4.26. The number of hydrogen-bond donors (Lipinski definition) is 1. The van der Waals surface area contributed by atoms with E-state index in [0.717, 1.165) is 35.7 Å². The molecular weight excluding hydrogens is 322 g/mol. The molecule has 0 aromatic heterocycles. The Hall–Kier alpha value is -2.83. The van der Waals surface area contributed by atoms with Crippen molar-refractivity contribution in [2.24, 2.45) is 5.92 Å². The van der Waals surface area contributed by atoms with Crippen molar-refractivity contribution >= 4 is 12.0 Å². The van der Waals surface area contributed by atoms with Gasteiger partial charge in [-0.25, -0.2) is 4.79 Å². The third-order valence-corrected chi connectivity index (χ3v) is 4.26. The standard InChI is InChI=1S/C23H23NO2/c1-26-23(25)14-13-19-7-5-18(6-8-19)9-10-20-3-2-4-22(15-20)17-24-16-21-11-12-21/h2-8,13-15,21,24H,11-12,16-17H2,1H3/b14-13+. The van der Waals surface area contributed by atoms with Crippen LogP contribution >= 0.6 is 0 Å². The Labute approximate surface area is 155 Å². The molecule has 1 saturated carbocycles. The van der Waals surface area contributed by atoms with Crippen molar-refractivity contribution < 1.29 is 9.53 Å². The molecule has 3 heteroatoms. The molecule has 1 N–H and O–H groups in total. The van der Waals surface area contributed by atoms with Gasteiger partial charge >= 0.3 is 5.97 Å². The molecule has 0 radical (unpaired) electrons. The molecule has 26 heavy (non-hydrogen) atoms. The maximum absolute atomic E-state index is 11.1. The van der Waals surface area contributed by atoms with Crippen LogP contribution in [0.5, 0.6) is 0 Å². The zero-order valence-corrected chi connectivity index (χ0v) is 15.0. The summed E-state index contributed by atoms with van der Waals surface area (Å²) in [4.78, 5) is 11.1. The molecule has 0 unspecified atom stereocenters. The van der Waals surface area contributed by atoms with E-state index in [2.05, 4.69) is 40.1 Å². The Kier molecular flexibility index (Phi) is 6.24. The van der Waals surface area contributed by atoms with Crippen LogP contribution in [0, 0.1) is 17.8 Å². The Morgan fingerprint density at radius 2 is 1.92 bits per heavy atom. The second kappa shape index (κ2) is 9.03. The molecule has 0 amide bonds. The topological polar surface area (TPSA) is 38.3 Å². The van der Waals surface area contributed by atoms with Crippen LogP contribution in [-0.2, 0) is 16.1 Å². The van der Waals surface area contributed by atoms with E-state index in [-0.39, 0.29) is 5.97 Å². The molecule has 0 atom stereocenters. The Balaban J connectivity index is 1.59. The lowest BCUT2D eigenvalue weighted by molar-refractivity contribution is -0.134. The number of ether oxygens (including phenoxy) is 1. The van der Waals surface area contributed by atoms with E-state index in [4.69, 9.17) is 0 Å². The van der Waals surface area contributed by atoms with Gasteiger partial charge in [-0.15, -0.1) is 0 Å². The highest BCUT2D eigenvalue weighted by atomic mass is 16.5. The summed E-state index contributed by atoms with van der Waals surface area (Å²) in [6.45, 7) is 2.01. The van der Waals surface area contributed by atoms with Crippen LogP contribution in [0.2, 0.25) is 0 Å². The first-order chi connectivity index (χ1) is 12.7. The van der Waals surface area contributed by atoms with Gasteiger partial charge in [0.05, 0.1) is 7.11 Å². The van der Waals surface area contributed by atoms with Gasteiger partial charge in [0, 0.05) is 23.7 Å². The van der Waals surface area contributed by atoms with Crippen molar-refractivity contribution in [3.63, 3.8) is 0 Å². The van der Waals surface area contributed by atoms with Crippen molar-refractivity contribution in [2.45, 2.75) is 19.4 Å². The van der Waals surface area contributed by atoms with E-state index in [1.165, 1.54) is 31.6 Å². The van der Waals surface area contributed by atoms with Crippen molar-refractivity contribution in [1.29, 1.82) is 0 Å². The molecule has 0 saturated heterocycles. The molecule has 1 fully saturated rings. The van der Waals surface area contributed by atoms with E-state index in [1.807, 2.05) is 30.3 Å². The Bertz CT molecular complexity index is 837. The lowest BCUT2D eigenvalue weighted by Gasteiger charge is -2.04. The van der Waals surface area contributed by atoms with Crippen molar-refractivity contribution in [1.82, 2.24) is 5.32 Å². The molecule has 1 aliphatic carbocycles. The first-order valence-corrected chi connectivity index (χ1v) is 8.91. The summed E-state index contributed by atoms with van der Waals surface area (Å²) >= 11 is 0. The van der Waals surface area contributed by atoms with Crippen molar-refractivity contribution in [3.8, 4) is 11.8 Å². The molecule has 2 aromatic carbocycles. The van der Waals surface area contributed by atoms with Gasteiger partial charge in [0.25, 0.3) is 0 Å². The summed E-state index contributed by atoms with van der Waals surface area (Å²) in [5.41, 5.74) is 4.16. The van der Waals surface area contributed by atoms with E-state index in [0.29, 0.717) is 0 Å². The number of esters is 1. The SMILES string of the molecule is COC(=O)/C=C/c1ccc(C#Cc2cccc(CNCC3CC3)c2)cc1. The molecule has 132 valence electrons. The lowest BCUT2D eigenvalue weighted by atomic mass is 10.1. The van der Waals surface area contributed by atoms with Gasteiger partial charge in [-0.05, 0) is 66.8 Å². The van der Waals surface area contributed by atoms with Crippen molar-refractivity contribution in [3.05, 3.63) is 76.9 Å². The summed E-state index contributed by atoms with van der Waals surface area (Å²) in [6, 6.07) is 16.1. The number of carbonyl (C=O) groups excluding carboxylic acids is 1. The van der Waals surface area contributed by atoms with Crippen LogP contribution in [0.15, 0.2) is 54.6 Å². The molecule has 3 rings (SSSR count). The minimum absolute atomic E-state index is 0.361. The largest absolute Gasteiger partial charge is 0.466 e. The van der Waals surface area contributed by atoms with Crippen LogP contribution in [0.4, 0.5) is 0 Å². The fourth-order valence-electron chi connectivity index (χ4n) is 2.56. The average Bonchev–Trinajstić information content (AvgIpc) is 3.50. The maximum Gasteiger partial charge on any atom is 0.330 e. The lowest BCUT2D eigenvalue weighted by Crippen LogP contribution is -2.16. The second-order valence-electron chi connectivity index (χ2n) is 6.50. The molecule has 0 heterocycles. The number of methoxy groups -OCH3 is 1. The molecule has 0 spiro atoms. The van der Waals surface area contributed by atoms with Gasteiger partial charge < -0.3 is 10.1 Å². The molecule has 0 bridgehead atoms. The highest BCUT2D eigenvalue weighted by molar-refractivity contribution is 5.86. The Morgan fingerprint density at radius 1 is 1.15 bits per heavy atom. The summed E-state index contributed by atoms with van der Waals surface area (Å²) in [6.07, 6.45) is 5.87. The second-order valence-corrected chi connectivity index (χ2v) is 6.50. The summed E-state index contributed by atoms with van der Waals surface area (Å²) in [5, 5.41) is 3.51. The summed E-state index contributed by atoms with van der Waals surface area (Å²) in [7, 11) is 1.36. The quantitative estimate of drug-likeness (QED) is 0.492. The van der Waals surface area contributed by atoms with E-state index >= 15 is 0 Å². The van der Waals surface area contributed by atoms with Crippen LogP contribution in [0.1, 0.15) is 35.1 Å². The zero-order chi connectivity index (χ0) is 18.2. The highest BCUT2D eigenvalue weighted by Gasteiger charge is 2.19. The van der Waals surface area contributed by atoms with Crippen molar-refractivity contribution in [2.75, 3.05) is 13.7 Å². The number of carbonyl (C=O) groups is 1. The predicted molar refractivity (Wildman–Crippen MR) is 104 cm³/mol. The van der Waals surface area contributed by atoms with Crippen LogP contribution in [0.25, 0.3) is 6.08 Å². The van der Waals surface area contributed by atoms with E-state index < -0.39 is 0 Å². The van der Waals surface area contributed by atoms with Gasteiger partial charge in [-0.1, -0.05) is 36.1 Å².